The average Bonchev–Trinajstić information content (AvgIpc) is 3.25. The molecule has 1 aromatic carbocycles. The summed E-state index contributed by atoms with van der Waals surface area (Å²) in [7, 11) is 0. The highest BCUT2D eigenvalue weighted by Gasteiger charge is 2.27. The lowest BCUT2D eigenvalue weighted by Crippen LogP contribution is -2.31. The Kier molecular flexibility index (Phi) is 5.53. The number of pyridine rings is 1. The molecular formula is C23H24N2O3S. The van der Waals surface area contributed by atoms with Crippen LogP contribution in [0, 0.1) is 12.8 Å². The van der Waals surface area contributed by atoms with Gasteiger partial charge in [0.05, 0.1) is 11.6 Å². The molecule has 1 fully saturated rings. The number of aliphatic carboxylic acids is 1. The predicted molar refractivity (Wildman–Crippen MR) is 116 cm³/mol. The molecule has 0 bridgehead atoms. The van der Waals surface area contributed by atoms with Crippen molar-refractivity contribution in [2.75, 3.05) is 5.32 Å². The second kappa shape index (κ2) is 8.25. The molecule has 29 heavy (non-hydrogen) atoms. The number of hydrogen-bond donors (Lipinski definition) is 3. The molecule has 3 N–H and O–H groups in total. The van der Waals surface area contributed by atoms with Crippen LogP contribution in [0.15, 0.2) is 47.8 Å². The molecule has 6 heteroatoms. The monoisotopic (exact) mass is 408 g/mol. The molecule has 2 heterocycles. The first-order valence-electron chi connectivity index (χ1n) is 9.85. The summed E-state index contributed by atoms with van der Waals surface area (Å²) in [6, 6.07) is 13.6. The van der Waals surface area contributed by atoms with Crippen molar-refractivity contribution in [1.82, 2.24) is 4.98 Å². The summed E-state index contributed by atoms with van der Waals surface area (Å²) >= 11 is 1.65. The quantitative estimate of drug-likeness (QED) is 0.516. The van der Waals surface area contributed by atoms with Gasteiger partial charge in [-0.25, -0.2) is 4.98 Å². The van der Waals surface area contributed by atoms with Gasteiger partial charge in [0.25, 0.3) is 0 Å². The molecule has 1 aliphatic rings. The van der Waals surface area contributed by atoms with Crippen LogP contribution in [0.4, 0.5) is 5.82 Å². The van der Waals surface area contributed by atoms with Crippen LogP contribution in [0.3, 0.4) is 0 Å². The highest BCUT2D eigenvalue weighted by atomic mass is 32.1. The molecule has 2 unspecified atom stereocenters. The van der Waals surface area contributed by atoms with Crippen molar-refractivity contribution in [1.29, 1.82) is 0 Å². The third-order valence-electron chi connectivity index (χ3n) is 5.43. The van der Waals surface area contributed by atoms with Crippen molar-refractivity contribution in [3.8, 4) is 27.4 Å². The largest absolute Gasteiger partial charge is 0.507 e. The van der Waals surface area contributed by atoms with Gasteiger partial charge in [0, 0.05) is 16.5 Å². The molecule has 4 rings (SSSR count). The maximum absolute atomic E-state index is 11.4. The van der Waals surface area contributed by atoms with E-state index in [0.717, 1.165) is 35.3 Å². The lowest BCUT2D eigenvalue weighted by atomic mass is 9.86. The van der Waals surface area contributed by atoms with Gasteiger partial charge in [0.1, 0.15) is 11.6 Å². The highest BCUT2D eigenvalue weighted by Crippen LogP contribution is 2.35. The van der Waals surface area contributed by atoms with Gasteiger partial charge >= 0.3 is 5.97 Å². The summed E-state index contributed by atoms with van der Waals surface area (Å²) in [5.41, 5.74) is 3.47. The van der Waals surface area contributed by atoms with Crippen LogP contribution in [0.5, 0.6) is 5.75 Å². The maximum Gasteiger partial charge on any atom is 0.306 e. The van der Waals surface area contributed by atoms with E-state index in [1.807, 2.05) is 42.6 Å². The zero-order valence-electron chi connectivity index (χ0n) is 16.3. The smallest absolute Gasteiger partial charge is 0.306 e. The molecule has 0 aliphatic heterocycles. The molecule has 5 nitrogen and oxygen atoms in total. The van der Waals surface area contributed by atoms with Crippen LogP contribution in [0.2, 0.25) is 0 Å². The van der Waals surface area contributed by atoms with Crippen LogP contribution in [-0.4, -0.2) is 27.2 Å². The lowest BCUT2D eigenvalue weighted by Gasteiger charge is -2.28. The molecule has 0 amide bonds. The van der Waals surface area contributed by atoms with E-state index in [2.05, 4.69) is 11.4 Å². The molecule has 0 spiro atoms. The first-order chi connectivity index (χ1) is 14.0. The van der Waals surface area contributed by atoms with Gasteiger partial charge in [-0.05, 0) is 67.5 Å². The summed E-state index contributed by atoms with van der Waals surface area (Å²) in [5, 5.41) is 25.3. The van der Waals surface area contributed by atoms with E-state index in [4.69, 9.17) is 4.98 Å². The van der Waals surface area contributed by atoms with E-state index < -0.39 is 5.97 Å². The number of aromatic hydroxyl groups is 1. The van der Waals surface area contributed by atoms with Crippen molar-refractivity contribution in [3.05, 3.63) is 53.4 Å². The minimum absolute atomic E-state index is 0.0786. The fraction of sp³-hybridized carbons (Fsp3) is 0.304. The summed E-state index contributed by atoms with van der Waals surface area (Å²) in [4.78, 5) is 17.3. The number of carboxylic acids is 1. The molecule has 0 saturated heterocycles. The SMILES string of the molecule is Cc1ccc(O)c(-c2cc(-c3cccs3)cc(NC3CCCC(C(=O)O)C3)n2)c1. The Balaban J connectivity index is 1.71. The van der Waals surface area contributed by atoms with Crippen molar-refractivity contribution in [2.24, 2.45) is 5.92 Å². The van der Waals surface area contributed by atoms with Gasteiger partial charge < -0.3 is 15.5 Å². The van der Waals surface area contributed by atoms with E-state index >= 15 is 0 Å². The van der Waals surface area contributed by atoms with Crippen LogP contribution in [0.1, 0.15) is 31.2 Å². The number of thiophene rings is 1. The second-order valence-electron chi connectivity index (χ2n) is 7.67. The normalized spacial score (nSPS) is 19.1. The zero-order chi connectivity index (χ0) is 20.4. The van der Waals surface area contributed by atoms with E-state index in [9.17, 15) is 15.0 Å². The van der Waals surface area contributed by atoms with Crippen molar-refractivity contribution >= 4 is 23.1 Å². The second-order valence-corrected chi connectivity index (χ2v) is 8.61. The number of anilines is 1. The molecule has 3 aromatic rings. The van der Waals surface area contributed by atoms with Crippen molar-refractivity contribution in [3.63, 3.8) is 0 Å². The number of carboxylic acid groups (broad SMARTS) is 1. The maximum atomic E-state index is 11.4. The minimum Gasteiger partial charge on any atom is -0.507 e. The van der Waals surface area contributed by atoms with Gasteiger partial charge in [0.2, 0.25) is 0 Å². The minimum atomic E-state index is -0.720. The number of carbonyl (C=O) groups is 1. The van der Waals surface area contributed by atoms with Gasteiger partial charge in [0.15, 0.2) is 0 Å². The number of nitrogens with one attached hydrogen (secondary N) is 1. The fourth-order valence-electron chi connectivity index (χ4n) is 3.94. The Labute approximate surface area is 174 Å². The fourth-order valence-corrected chi connectivity index (χ4v) is 4.65. The van der Waals surface area contributed by atoms with Gasteiger partial charge in [-0.2, -0.15) is 0 Å². The number of aryl methyl sites for hydroxylation is 1. The van der Waals surface area contributed by atoms with Crippen LogP contribution in [0.25, 0.3) is 21.7 Å². The number of phenols is 1. The summed E-state index contributed by atoms with van der Waals surface area (Å²) in [5.74, 6) is -0.118. The molecule has 1 saturated carbocycles. The van der Waals surface area contributed by atoms with E-state index in [1.165, 1.54) is 0 Å². The van der Waals surface area contributed by atoms with Crippen LogP contribution in [-0.2, 0) is 4.79 Å². The number of rotatable bonds is 5. The van der Waals surface area contributed by atoms with Gasteiger partial charge in [-0.1, -0.05) is 24.1 Å². The van der Waals surface area contributed by atoms with Crippen LogP contribution >= 0.6 is 11.3 Å². The summed E-state index contributed by atoms with van der Waals surface area (Å²) in [6.07, 6.45) is 3.16. The molecule has 150 valence electrons. The first kappa shape index (κ1) is 19.5. The third-order valence-corrected chi connectivity index (χ3v) is 6.35. The zero-order valence-corrected chi connectivity index (χ0v) is 17.1. The number of benzene rings is 1. The van der Waals surface area contributed by atoms with Gasteiger partial charge in [-0.15, -0.1) is 11.3 Å². The van der Waals surface area contributed by atoms with Crippen molar-refractivity contribution < 1.29 is 15.0 Å². The predicted octanol–water partition coefficient (Wildman–Crippen LogP) is 5.55. The molecular weight excluding hydrogens is 384 g/mol. The molecule has 0 radical (unpaired) electrons. The van der Waals surface area contributed by atoms with E-state index in [0.29, 0.717) is 23.5 Å². The molecule has 1 aliphatic carbocycles. The third kappa shape index (κ3) is 4.43. The molecule has 2 aromatic heterocycles. The van der Waals surface area contributed by atoms with E-state index in [-0.39, 0.29) is 17.7 Å². The number of aromatic nitrogens is 1. The Hall–Kier alpha value is -2.86. The molecule has 2 atom stereocenters. The Morgan fingerprint density at radius 3 is 2.83 bits per heavy atom. The number of hydrogen-bond acceptors (Lipinski definition) is 5. The Morgan fingerprint density at radius 1 is 1.21 bits per heavy atom. The standard InChI is InChI=1S/C23H24N2O3S/c1-14-7-8-20(26)18(10-14)19-12-16(21-6-3-9-29-21)13-22(25-19)24-17-5-2-4-15(11-17)23(27)28/h3,6-10,12-13,15,17,26H,2,4-5,11H2,1H3,(H,24,25)(H,27,28). The number of phenolic OH excluding ortho intramolecular Hbond substituents is 1. The first-order valence-corrected chi connectivity index (χ1v) is 10.7. The highest BCUT2D eigenvalue weighted by molar-refractivity contribution is 7.13. The number of nitrogens with zero attached hydrogens (tertiary/aromatic N) is 1. The average molecular weight is 409 g/mol. The van der Waals surface area contributed by atoms with Crippen molar-refractivity contribution in [2.45, 2.75) is 38.6 Å². The van der Waals surface area contributed by atoms with E-state index in [1.54, 1.807) is 17.4 Å². The topological polar surface area (TPSA) is 82.5 Å². The Morgan fingerprint density at radius 2 is 2.07 bits per heavy atom. The summed E-state index contributed by atoms with van der Waals surface area (Å²) < 4.78 is 0. The van der Waals surface area contributed by atoms with Crippen LogP contribution < -0.4 is 5.32 Å². The van der Waals surface area contributed by atoms with Gasteiger partial charge in [-0.3, -0.25) is 4.79 Å². The summed E-state index contributed by atoms with van der Waals surface area (Å²) in [6.45, 7) is 1.99. The lowest BCUT2D eigenvalue weighted by molar-refractivity contribution is -0.142. The Bertz CT molecular complexity index is 1020.